The number of primary amides is 1. The highest BCUT2D eigenvalue weighted by atomic mass is 35.5. The number of benzene rings is 1. The largest absolute Gasteiger partial charge is 0.365 e. The molecule has 1 aliphatic rings. The molecule has 4 aromatic rings. The molecule has 0 bridgehead atoms. The number of halogens is 1. The fourth-order valence-electron chi connectivity index (χ4n) is 4.29. The first-order valence-electron chi connectivity index (χ1n) is 11.1. The lowest BCUT2D eigenvalue weighted by Crippen LogP contribution is -2.24. The van der Waals surface area contributed by atoms with Crippen LogP contribution >= 0.6 is 46.0 Å². The SMILES string of the molecule is C=CCn1c(SCC(=O)Nc2sc3c(c2C(N)=O)CCC3)nc2scc(-c3ccc(Cl)cc3)c2c1=O. The molecule has 0 spiro atoms. The van der Waals surface area contributed by atoms with E-state index in [0.717, 1.165) is 40.8 Å². The van der Waals surface area contributed by atoms with Crippen LogP contribution < -0.4 is 16.6 Å². The lowest BCUT2D eigenvalue weighted by molar-refractivity contribution is -0.113. The van der Waals surface area contributed by atoms with Crippen molar-refractivity contribution >= 4 is 73.1 Å². The number of anilines is 1. The third-order valence-electron chi connectivity index (χ3n) is 5.88. The molecule has 0 saturated carbocycles. The van der Waals surface area contributed by atoms with Crippen LogP contribution in [0.25, 0.3) is 21.3 Å². The van der Waals surface area contributed by atoms with E-state index in [1.165, 1.54) is 39.0 Å². The summed E-state index contributed by atoms with van der Waals surface area (Å²) in [6, 6.07) is 7.31. The number of amides is 2. The van der Waals surface area contributed by atoms with Gasteiger partial charge in [0.2, 0.25) is 5.91 Å². The first-order chi connectivity index (χ1) is 17.4. The molecule has 1 aliphatic carbocycles. The summed E-state index contributed by atoms with van der Waals surface area (Å²) in [6.45, 7) is 4.02. The molecular weight excluding hydrogens is 536 g/mol. The van der Waals surface area contributed by atoms with Crippen molar-refractivity contribution < 1.29 is 9.59 Å². The maximum atomic E-state index is 13.5. The minimum Gasteiger partial charge on any atom is -0.365 e. The van der Waals surface area contributed by atoms with Gasteiger partial charge in [0.05, 0.1) is 16.7 Å². The number of aryl methyl sites for hydroxylation is 1. The Hall–Kier alpha value is -2.92. The van der Waals surface area contributed by atoms with Gasteiger partial charge in [0.1, 0.15) is 9.83 Å². The van der Waals surface area contributed by atoms with Crippen LogP contribution in [0.3, 0.4) is 0 Å². The van der Waals surface area contributed by atoms with Crippen molar-refractivity contribution in [1.29, 1.82) is 0 Å². The average molecular weight is 557 g/mol. The Labute approximate surface area is 224 Å². The quantitative estimate of drug-likeness (QED) is 0.173. The van der Waals surface area contributed by atoms with E-state index in [-0.39, 0.29) is 23.8 Å². The summed E-state index contributed by atoms with van der Waals surface area (Å²) in [7, 11) is 0. The van der Waals surface area contributed by atoms with Gasteiger partial charge in [-0.3, -0.25) is 19.0 Å². The molecule has 3 aromatic heterocycles. The van der Waals surface area contributed by atoms with Crippen molar-refractivity contribution in [3.63, 3.8) is 0 Å². The van der Waals surface area contributed by atoms with E-state index in [1.807, 2.05) is 17.5 Å². The van der Waals surface area contributed by atoms with Gasteiger partial charge < -0.3 is 11.1 Å². The van der Waals surface area contributed by atoms with Gasteiger partial charge in [-0.15, -0.1) is 29.3 Å². The zero-order valence-electron chi connectivity index (χ0n) is 19.0. The predicted molar refractivity (Wildman–Crippen MR) is 149 cm³/mol. The Morgan fingerprint density at radius 2 is 2.06 bits per heavy atom. The molecule has 36 heavy (non-hydrogen) atoms. The normalized spacial score (nSPS) is 12.6. The second-order valence-electron chi connectivity index (χ2n) is 8.20. The van der Waals surface area contributed by atoms with Crippen LogP contribution in [0.4, 0.5) is 5.00 Å². The number of nitrogens with zero attached hydrogens (tertiary/aromatic N) is 2. The second kappa shape index (κ2) is 10.2. The molecule has 5 rings (SSSR count). The number of aromatic nitrogens is 2. The Kier molecular flexibility index (Phi) is 7.03. The van der Waals surface area contributed by atoms with Crippen LogP contribution in [0, 0.1) is 0 Å². The molecule has 3 heterocycles. The number of carbonyl (C=O) groups excluding carboxylic acids is 2. The van der Waals surface area contributed by atoms with Gasteiger partial charge in [-0.25, -0.2) is 4.98 Å². The minimum atomic E-state index is -0.529. The molecule has 184 valence electrons. The number of carbonyl (C=O) groups is 2. The smallest absolute Gasteiger partial charge is 0.263 e. The fraction of sp³-hybridized carbons (Fsp3) is 0.200. The van der Waals surface area contributed by atoms with Gasteiger partial charge >= 0.3 is 0 Å². The number of allylic oxidation sites excluding steroid dienone is 1. The summed E-state index contributed by atoms with van der Waals surface area (Å²) >= 11 is 9.97. The summed E-state index contributed by atoms with van der Waals surface area (Å²) in [4.78, 5) is 44.7. The van der Waals surface area contributed by atoms with Gasteiger partial charge in [0.25, 0.3) is 11.5 Å². The highest BCUT2D eigenvalue weighted by Crippen LogP contribution is 2.39. The number of hydrogen-bond donors (Lipinski definition) is 2. The van der Waals surface area contributed by atoms with Crippen LogP contribution in [0.1, 0.15) is 27.2 Å². The van der Waals surface area contributed by atoms with Crippen LogP contribution in [0.5, 0.6) is 0 Å². The lowest BCUT2D eigenvalue weighted by atomic mass is 10.1. The van der Waals surface area contributed by atoms with Gasteiger partial charge in [-0.1, -0.05) is 41.6 Å². The zero-order valence-corrected chi connectivity index (χ0v) is 22.2. The number of rotatable bonds is 8. The summed E-state index contributed by atoms with van der Waals surface area (Å²) in [6.07, 6.45) is 4.30. The van der Waals surface area contributed by atoms with E-state index >= 15 is 0 Å². The van der Waals surface area contributed by atoms with E-state index < -0.39 is 5.91 Å². The number of hydrogen-bond acceptors (Lipinski definition) is 7. The number of thioether (sulfide) groups is 1. The van der Waals surface area contributed by atoms with E-state index in [9.17, 15) is 14.4 Å². The number of nitrogens with one attached hydrogen (secondary N) is 1. The molecule has 0 saturated heterocycles. The first-order valence-corrected chi connectivity index (χ1v) is 14.2. The maximum absolute atomic E-state index is 13.5. The topological polar surface area (TPSA) is 107 Å². The molecule has 0 aliphatic heterocycles. The molecule has 0 atom stereocenters. The molecule has 7 nitrogen and oxygen atoms in total. The molecule has 0 radical (unpaired) electrons. The maximum Gasteiger partial charge on any atom is 0.263 e. The zero-order chi connectivity index (χ0) is 25.4. The summed E-state index contributed by atoms with van der Waals surface area (Å²) in [5.41, 5.74) is 8.44. The van der Waals surface area contributed by atoms with Crippen molar-refractivity contribution in [2.75, 3.05) is 11.1 Å². The number of thiophene rings is 2. The third kappa shape index (κ3) is 4.61. The van der Waals surface area contributed by atoms with Crippen molar-refractivity contribution in [1.82, 2.24) is 9.55 Å². The standard InChI is InChI=1S/C25H21ClN4O3S3/c1-2-10-30-24(33)20-16(13-6-8-14(26)9-7-13)11-34-22(20)29-25(30)35-12-18(31)28-23-19(21(27)32)15-4-3-5-17(15)36-23/h2,6-9,11H,1,3-5,10,12H2,(H2,27,32)(H,28,31). The first kappa shape index (κ1) is 24.8. The molecule has 0 unspecified atom stereocenters. The molecule has 3 N–H and O–H groups in total. The van der Waals surface area contributed by atoms with Crippen LogP contribution in [-0.2, 0) is 24.2 Å². The highest BCUT2D eigenvalue weighted by molar-refractivity contribution is 7.99. The molecule has 0 fully saturated rings. The van der Waals surface area contributed by atoms with Crippen LogP contribution in [0.2, 0.25) is 5.02 Å². The third-order valence-corrected chi connectivity index (χ3v) is 9.19. The highest BCUT2D eigenvalue weighted by Gasteiger charge is 2.26. The fourth-order valence-corrected chi connectivity index (χ4v) is 7.53. The molecular formula is C25H21ClN4O3S3. The Morgan fingerprint density at radius 3 is 2.78 bits per heavy atom. The molecule has 2 amide bonds. The summed E-state index contributed by atoms with van der Waals surface area (Å²) in [5, 5.41) is 6.81. The predicted octanol–water partition coefficient (Wildman–Crippen LogP) is 5.34. The van der Waals surface area contributed by atoms with E-state index in [1.54, 1.807) is 18.2 Å². The van der Waals surface area contributed by atoms with E-state index in [0.29, 0.717) is 31.0 Å². The summed E-state index contributed by atoms with van der Waals surface area (Å²) in [5.74, 6) is -0.806. The van der Waals surface area contributed by atoms with Crippen molar-refractivity contribution in [2.45, 2.75) is 31.0 Å². The Balaban J connectivity index is 1.41. The van der Waals surface area contributed by atoms with Gasteiger partial charge in [-0.05, 0) is 42.5 Å². The second-order valence-corrected chi connectivity index (χ2v) is 11.5. The van der Waals surface area contributed by atoms with Crippen LogP contribution in [-0.4, -0.2) is 27.1 Å². The minimum absolute atomic E-state index is 0.0191. The summed E-state index contributed by atoms with van der Waals surface area (Å²) < 4.78 is 1.52. The Bertz CT molecular complexity index is 1570. The van der Waals surface area contributed by atoms with Gasteiger partial charge in [0, 0.05) is 27.4 Å². The van der Waals surface area contributed by atoms with E-state index in [2.05, 4.69) is 11.9 Å². The van der Waals surface area contributed by atoms with Crippen molar-refractivity contribution in [2.24, 2.45) is 5.73 Å². The monoisotopic (exact) mass is 556 g/mol. The Morgan fingerprint density at radius 1 is 1.28 bits per heavy atom. The van der Waals surface area contributed by atoms with E-state index in [4.69, 9.17) is 22.3 Å². The average Bonchev–Trinajstić information content (AvgIpc) is 3.55. The van der Waals surface area contributed by atoms with Crippen molar-refractivity contribution in [3.05, 3.63) is 73.7 Å². The van der Waals surface area contributed by atoms with Gasteiger partial charge in [0.15, 0.2) is 5.16 Å². The number of fused-ring (bicyclic) bond motifs is 2. The molecule has 11 heteroatoms. The van der Waals surface area contributed by atoms with Crippen molar-refractivity contribution in [3.8, 4) is 11.1 Å². The molecule has 1 aromatic carbocycles. The van der Waals surface area contributed by atoms with Gasteiger partial charge in [-0.2, -0.15) is 0 Å². The van der Waals surface area contributed by atoms with Crippen LogP contribution in [0.15, 0.2) is 52.3 Å². The number of nitrogens with two attached hydrogens (primary N) is 1. The lowest BCUT2D eigenvalue weighted by Gasteiger charge is -2.11.